The number of rotatable bonds is 7. The van der Waals surface area contributed by atoms with E-state index in [0.717, 1.165) is 33.5 Å². The maximum absolute atomic E-state index is 11.1. The molecule has 4 rings (SSSR count). The van der Waals surface area contributed by atoms with Crippen molar-refractivity contribution < 1.29 is 19.4 Å². The van der Waals surface area contributed by atoms with Crippen molar-refractivity contribution in [3.05, 3.63) is 84.0 Å². The van der Waals surface area contributed by atoms with Crippen LogP contribution in [0.15, 0.2) is 67.1 Å². The first-order valence-corrected chi connectivity index (χ1v) is 9.25. The van der Waals surface area contributed by atoms with E-state index in [9.17, 15) is 4.79 Å². The maximum Gasteiger partial charge on any atom is 0.333 e. The molecular formula is C23H20N2O4. The van der Waals surface area contributed by atoms with Gasteiger partial charge in [-0.05, 0) is 41.5 Å². The van der Waals surface area contributed by atoms with Crippen LogP contribution < -0.4 is 4.74 Å². The van der Waals surface area contributed by atoms with Gasteiger partial charge in [-0.25, -0.2) is 4.79 Å². The summed E-state index contributed by atoms with van der Waals surface area (Å²) in [6.45, 7) is 0.384. The van der Waals surface area contributed by atoms with Crippen LogP contribution in [0.3, 0.4) is 0 Å². The molecule has 29 heavy (non-hydrogen) atoms. The standard InChI is InChI=1S/C23H20N2O4/c1-28-21(23(26)27)13-15-4-6-16(7-5-15)29-12-9-19-20-14-24-11-8-17(20)18-3-2-10-25-22(18)19/h2-11,14,21H,12-13H2,1H3,(H,26,27)/b19-9+. The molecule has 0 fully saturated rings. The first-order valence-electron chi connectivity index (χ1n) is 9.25. The Morgan fingerprint density at radius 3 is 2.69 bits per heavy atom. The zero-order valence-corrected chi connectivity index (χ0v) is 15.9. The maximum atomic E-state index is 11.1. The molecule has 1 atom stereocenters. The molecular weight excluding hydrogens is 368 g/mol. The molecule has 1 unspecified atom stereocenters. The fourth-order valence-corrected chi connectivity index (χ4v) is 3.44. The zero-order valence-electron chi connectivity index (χ0n) is 15.9. The van der Waals surface area contributed by atoms with Crippen molar-refractivity contribution >= 4 is 11.5 Å². The number of carboxylic acid groups (broad SMARTS) is 1. The molecule has 0 spiro atoms. The van der Waals surface area contributed by atoms with Gasteiger partial charge in [-0.15, -0.1) is 0 Å². The number of methoxy groups -OCH3 is 1. The molecule has 0 bridgehead atoms. The highest BCUT2D eigenvalue weighted by Crippen LogP contribution is 2.42. The predicted octanol–water partition coefficient (Wildman–Crippen LogP) is 3.61. The van der Waals surface area contributed by atoms with Crippen molar-refractivity contribution in [3.63, 3.8) is 0 Å². The number of nitrogens with zero attached hydrogens (tertiary/aromatic N) is 2. The summed E-state index contributed by atoms with van der Waals surface area (Å²) in [6, 6.07) is 13.4. The number of hydrogen-bond acceptors (Lipinski definition) is 5. The van der Waals surface area contributed by atoms with E-state index in [1.165, 1.54) is 7.11 Å². The molecule has 1 aliphatic carbocycles. The van der Waals surface area contributed by atoms with E-state index < -0.39 is 12.1 Å². The molecule has 2 aromatic heterocycles. The number of carboxylic acids is 1. The first kappa shape index (κ1) is 18.8. The van der Waals surface area contributed by atoms with Crippen LogP contribution in [0.25, 0.3) is 16.7 Å². The average Bonchev–Trinajstić information content (AvgIpc) is 3.07. The van der Waals surface area contributed by atoms with Crippen LogP contribution in [0.5, 0.6) is 5.75 Å². The average molecular weight is 388 g/mol. The summed E-state index contributed by atoms with van der Waals surface area (Å²) in [7, 11) is 1.40. The van der Waals surface area contributed by atoms with E-state index in [1.54, 1.807) is 12.4 Å². The van der Waals surface area contributed by atoms with E-state index in [2.05, 4.69) is 16.0 Å². The van der Waals surface area contributed by atoms with Crippen LogP contribution in [0, 0.1) is 0 Å². The molecule has 1 aromatic carbocycles. The normalized spacial score (nSPS) is 14.3. The van der Waals surface area contributed by atoms with E-state index in [-0.39, 0.29) is 0 Å². The van der Waals surface area contributed by atoms with Gasteiger partial charge in [0.15, 0.2) is 6.10 Å². The predicted molar refractivity (Wildman–Crippen MR) is 109 cm³/mol. The van der Waals surface area contributed by atoms with E-state index >= 15 is 0 Å². The Kier molecular flexibility index (Phi) is 5.35. The second-order valence-electron chi connectivity index (χ2n) is 6.66. The Hall–Kier alpha value is -3.51. The largest absolute Gasteiger partial charge is 0.490 e. The zero-order chi connectivity index (χ0) is 20.2. The van der Waals surface area contributed by atoms with Gasteiger partial charge in [0.25, 0.3) is 0 Å². The smallest absolute Gasteiger partial charge is 0.333 e. The van der Waals surface area contributed by atoms with Crippen molar-refractivity contribution in [1.29, 1.82) is 0 Å². The van der Waals surface area contributed by atoms with Crippen LogP contribution in [-0.2, 0) is 16.0 Å². The fourth-order valence-electron chi connectivity index (χ4n) is 3.44. The lowest BCUT2D eigenvalue weighted by Crippen LogP contribution is -2.24. The third-order valence-corrected chi connectivity index (χ3v) is 4.91. The number of carbonyl (C=O) groups is 1. The molecule has 0 saturated heterocycles. The van der Waals surface area contributed by atoms with Crippen molar-refractivity contribution in [2.45, 2.75) is 12.5 Å². The topological polar surface area (TPSA) is 81.5 Å². The monoisotopic (exact) mass is 388 g/mol. The number of aliphatic carboxylic acids is 1. The highest BCUT2D eigenvalue weighted by Gasteiger charge is 2.24. The van der Waals surface area contributed by atoms with Gasteiger partial charge < -0.3 is 14.6 Å². The fraction of sp³-hybridized carbons (Fsp3) is 0.174. The lowest BCUT2D eigenvalue weighted by Gasteiger charge is -2.11. The minimum atomic E-state index is -0.973. The number of aromatic nitrogens is 2. The van der Waals surface area contributed by atoms with E-state index in [0.29, 0.717) is 18.8 Å². The summed E-state index contributed by atoms with van der Waals surface area (Å²) in [5.74, 6) is -0.264. The molecule has 1 N–H and O–H groups in total. The molecule has 6 nitrogen and oxygen atoms in total. The van der Waals surface area contributed by atoms with Gasteiger partial charge in [0.05, 0.1) is 5.69 Å². The lowest BCUT2D eigenvalue weighted by atomic mass is 10.1. The molecule has 3 aromatic rings. The Morgan fingerprint density at radius 1 is 1.10 bits per heavy atom. The van der Waals surface area contributed by atoms with Gasteiger partial charge >= 0.3 is 5.97 Å². The molecule has 6 heteroatoms. The van der Waals surface area contributed by atoms with Gasteiger partial charge in [0, 0.05) is 48.8 Å². The Morgan fingerprint density at radius 2 is 1.93 bits per heavy atom. The van der Waals surface area contributed by atoms with Crippen molar-refractivity contribution in [2.24, 2.45) is 0 Å². The number of fused-ring (bicyclic) bond motifs is 3. The summed E-state index contributed by atoms with van der Waals surface area (Å²) in [5.41, 5.74) is 6.12. The van der Waals surface area contributed by atoms with Crippen molar-refractivity contribution in [3.8, 4) is 16.9 Å². The Bertz CT molecular complexity index is 1010. The molecule has 1 aliphatic rings. The number of ether oxygens (including phenoxy) is 2. The van der Waals surface area contributed by atoms with Crippen LogP contribution in [0.1, 0.15) is 16.8 Å². The van der Waals surface area contributed by atoms with Crippen molar-refractivity contribution in [2.75, 3.05) is 13.7 Å². The highest BCUT2D eigenvalue weighted by molar-refractivity contribution is 5.99. The summed E-state index contributed by atoms with van der Waals surface area (Å²) in [5, 5.41) is 9.08. The second-order valence-corrected chi connectivity index (χ2v) is 6.66. The quantitative estimate of drug-likeness (QED) is 0.521. The van der Waals surface area contributed by atoms with Gasteiger partial charge in [0.1, 0.15) is 12.4 Å². The minimum Gasteiger partial charge on any atom is -0.490 e. The van der Waals surface area contributed by atoms with Crippen molar-refractivity contribution in [1.82, 2.24) is 9.97 Å². The summed E-state index contributed by atoms with van der Waals surface area (Å²) < 4.78 is 10.8. The minimum absolute atomic E-state index is 0.308. The molecule has 0 radical (unpaired) electrons. The Labute approximate surface area is 168 Å². The first-order chi connectivity index (χ1) is 14.2. The van der Waals surface area contributed by atoms with Crippen LogP contribution >= 0.6 is 0 Å². The van der Waals surface area contributed by atoms with Gasteiger partial charge in [0.2, 0.25) is 0 Å². The van der Waals surface area contributed by atoms with E-state index in [4.69, 9.17) is 14.6 Å². The van der Waals surface area contributed by atoms with E-state index in [1.807, 2.05) is 48.7 Å². The lowest BCUT2D eigenvalue weighted by molar-refractivity contribution is -0.148. The molecule has 2 heterocycles. The SMILES string of the molecule is COC(Cc1ccc(OC/C=C2\c3cnccc3-c3cccnc32)cc1)C(=O)O. The molecule has 146 valence electrons. The second kappa shape index (κ2) is 8.24. The van der Waals surface area contributed by atoms with Gasteiger partial charge in [-0.3, -0.25) is 9.97 Å². The number of pyridine rings is 2. The third kappa shape index (κ3) is 3.88. The summed E-state index contributed by atoms with van der Waals surface area (Å²) in [6.07, 6.45) is 6.90. The highest BCUT2D eigenvalue weighted by atomic mass is 16.5. The molecule has 0 amide bonds. The van der Waals surface area contributed by atoms with Crippen LogP contribution in [-0.4, -0.2) is 40.9 Å². The summed E-state index contributed by atoms with van der Waals surface area (Å²) in [4.78, 5) is 19.9. The molecule has 0 saturated carbocycles. The van der Waals surface area contributed by atoms with Gasteiger partial charge in [-0.1, -0.05) is 18.2 Å². The van der Waals surface area contributed by atoms with Crippen LogP contribution in [0.4, 0.5) is 0 Å². The number of benzene rings is 1. The Balaban J connectivity index is 1.46. The third-order valence-electron chi connectivity index (χ3n) is 4.91. The van der Waals surface area contributed by atoms with Crippen LogP contribution in [0.2, 0.25) is 0 Å². The van der Waals surface area contributed by atoms with Gasteiger partial charge in [-0.2, -0.15) is 0 Å². The molecule has 0 aliphatic heterocycles. The number of hydrogen-bond donors (Lipinski definition) is 1. The summed E-state index contributed by atoms with van der Waals surface area (Å²) >= 11 is 0.